The number of aryl methyl sites for hydroxylation is 1. The molecule has 1 aromatic carbocycles. The van der Waals surface area contributed by atoms with E-state index in [1.165, 1.54) is 4.31 Å². The van der Waals surface area contributed by atoms with Crippen LogP contribution in [0.4, 0.5) is 0 Å². The van der Waals surface area contributed by atoms with Crippen LogP contribution in [0.15, 0.2) is 29.2 Å². The summed E-state index contributed by atoms with van der Waals surface area (Å²) in [7, 11) is -3.73. The molecule has 6 nitrogen and oxygen atoms in total. The van der Waals surface area contributed by atoms with E-state index in [-0.39, 0.29) is 36.5 Å². The van der Waals surface area contributed by atoms with E-state index < -0.39 is 10.0 Å². The molecule has 7 heteroatoms. The monoisotopic (exact) mass is 354 g/mol. The molecule has 1 saturated carbocycles. The van der Waals surface area contributed by atoms with Gasteiger partial charge in [-0.15, -0.1) is 0 Å². The first kappa shape index (κ1) is 18.9. The van der Waals surface area contributed by atoms with E-state index in [1.807, 2.05) is 6.92 Å². The second-order valence-electron chi connectivity index (χ2n) is 6.23. The van der Waals surface area contributed by atoms with Crippen LogP contribution in [0.2, 0.25) is 0 Å². The van der Waals surface area contributed by atoms with Crippen molar-refractivity contribution in [2.45, 2.75) is 50.0 Å². The Kier molecular flexibility index (Phi) is 6.77. The van der Waals surface area contributed by atoms with Gasteiger partial charge in [0.1, 0.15) is 0 Å². The molecule has 0 aromatic heterocycles. The summed E-state index contributed by atoms with van der Waals surface area (Å²) in [5, 5.41) is 11.4. The Morgan fingerprint density at radius 1 is 1.21 bits per heavy atom. The van der Waals surface area contributed by atoms with E-state index in [4.69, 9.17) is 5.11 Å². The number of benzene rings is 1. The fraction of sp³-hybridized carbons (Fsp3) is 0.588. The van der Waals surface area contributed by atoms with Crippen LogP contribution in [0, 0.1) is 6.92 Å². The molecule has 2 N–H and O–H groups in total. The molecule has 2 rings (SSSR count). The minimum absolute atomic E-state index is 0.127. The van der Waals surface area contributed by atoms with Crippen LogP contribution in [0.25, 0.3) is 0 Å². The molecule has 1 amide bonds. The summed E-state index contributed by atoms with van der Waals surface area (Å²) in [5.74, 6) is -0.384. The van der Waals surface area contributed by atoms with Crippen LogP contribution in [0.5, 0.6) is 0 Å². The molecule has 1 aliphatic rings. The van der Waals surface area contributed by atoms with Crippen molar-refractivity contribution in [2.75, 3.05) is 19.7 Å². The maximum absolute atomic E-state index is 13.0. The molecule has 0 saturated heterocycles. The SMILES string of the molecule is Cc1ccc(S(=O)(=O)N(CC(=O)NCCO)C2CCCCC2)cc1. The first-order valence-corrected chi connectivity index (χ1v) is 9.85. The van der Waals surface area contributed by atoms with Gasteiger partial charge in [0.25, 0.3) is 0 Å². The smallest absolute Gasteiger partial charge is 0.243 e. The zero-order valence-corrected chi connectivity index (χ0v) is 14.9. The van der Waals surface area contributed by atoms with Gasteiger partial charge in [0.15, 0.2) is 0 Å². The van der Waals surface area contributed by atoms with E-state index in [0.717, 1.165) is 37.7 Å². The van der Waals surface area contributed by atoms with Crippen molar-refractivity contribution in [2.24, 2.45) is 0 Å². The molecule has 0 spiro atoms. The summed E-state index contributed by atoms with van der Waals surface area (Å²) in [6, 6.07) is 6.55. The van der Waals surface area contributed by atoms with Crippen molar-refractivity contribution in [1.29, 1.82) is 0 Å². The van der Waals surface area contributed by atoms with Crippen molar-refractivity contribution in [3.8, 4) is 0 Å². The largest absolute Gasteiger partial charge is 0.395 e. The zero-order valence-electron chi connectivity index (χ0n) is 14.1. The van der Waals surface area contributed by atoms with Crippen LogP contribution in [-0.2, 0) is 14.8 Å². The summed E-state index contributed by atoms with van der Waals surface area (Å²) in [6.07, 6.45) is 4.61. The number of hydrogen-bond donors (Lipinski definition) is 2. The van der Waals surface area contributed by atoms with Gasteiger partial charge in [-0.3, -0.25) is 4.79 Å². The van der Waals surface area contributed by atoms with E-state index in [2.05, 4.69) is 5.32 Å². The van der Waals surface area contributed by atoms with E-state index in [0.29, 0.717) is 0 Å². The highest BCUT2D eigenvalue weighted by atomic mass is 32.2. The van der Waals surface area contributed by atoms with Gasteiger partial charge in [0.05, 0.1) is 18.0 Å². The second-order valence-corrected chi connectivity index (χ2v) is 8.12. The number of aliphatic hydroxyl groups is 1. The lowest BCUT2D eigenvalue weighted by molar-refractivity contribution is -0.121. The molecule has 0 unspecified atom stereocenters. The number of rotatable bonds is 7. The molecule has 134 valence electrons. The van der Waals surface area contributed by atoms with Gasteiger partial charge in [0.2, 0.25) is 15.9 Å². The Balaban J connectivity index is 2.25. The van der Waals surface area contributed by atoms with Crippen LogP contribution in [0.3, 0.4) is 0 Å². The number of hydrogen-bond acceptors (Lipinski definition) is 4. The van der Waals surface area contributed by atoms with Crippen LogP contribution in [-0.4, -0.2) is 49.5 Å². The highest BCUT2D eigenvalue weighted by molar-refractivity contribution is 7.89. The molecule has 0 atom stereocenters. The Labute approximate surface area is 143 Å². The summed E-state index contributed by atoms with van der Waals surface area (Å²) < 4.78 is 27.4. The number of carbonyl (C=O) groups is 1. The van der Waals surface area contributed by atoms with Gasteiger partial charge in [-0.1, -0.05) is 37.0 Å². The van der Waals surface area contributed by atoms with Crippen molar-refractivity contribution >= 4 is 15.9 Å². The molecule has 1 fully saturated rings. The van der Waals surface area contributed by atoms with Gasteiger partial charge in [0, 0.05) is 12.6 Å². The Morgan fingerprint density at radius 3 is 2.42 bits per heavy atom. The van der Waals surface area contributed by atoms with E-state index >= 15 is 0 Å². The third-order valence-corrected chi connectivity index (χ3v) is 6.26. The first-order chi connectivity index (χ1) is 11.4. The van der Waals surface area contributed by atoms with Crippen LogP contribution < -0.4 is 5.32 Å². The summed E-state index contributed by atoms with van der Waals surface area (Å²) in [5.41, 5.74) is 0.985. The fourth-order valence-corrected chi connectivity index (χ4v) is 4.66. The van der Waals surface area contributed by atoms with E-state index in [9.17, 15) is 13.2 Å². The van der Waals surface area contributed by atoms with Gasteiger partial charge in [-0.05, 0) is 31.9 Å². The molecular formula is C17H26N2O4S. The average molecular weight is 354 g/mol. The van der Waals surface area contributed by atoms with Gasteiger partial charge in [-0.25, -0.2) is 8.42 Å². The predicted octanol–water partition coefficient (Wildman–Crippen LogP) is 1.43. The van der Waals surface area contributed by atoms with Crippen molar-refractivity contribution < 1.29 is 18.3 Å². The number of nitrogens with zero attached hydrogens (tertiary/aromatic N) is 1. The minimum atomic E-state index is -3.73. The summed E-state index contributed by atoms with van der Waals surface area (Å²) in [6.45, 7) is 1.65. The van der Waals surface area contributed by atoms with Gasteiger partial charge < -0.3 is 10.4 Å². The molecular weight excluding hydrogens is 328 g/mol. The van der Waals surface area contributed by atoms with E-state index in [1.54, 1.807) is 24.3 Å². The normalized spacial score (nSPS) is 16.3. The molecule has 0 radical (unpaired) electrons. The summed E-state index contributed by atoms with van der Waals surface area (Å²) >= 11 is 0. The van der Waals surface area contributed by atoms with Crippen molar-refractivity contribution in [3.63, 3.8) is 0 Å². The lowest BCUT2D eigenvalue weighted by atomic mass is 9.95. The predicted molar refractivity (Wildman–Crippen MR) is 92.0 cm³/mol. The van der Waals surface area contributed by atoms with Crippen molar-refractivity contribution in [3.05, 3.63) is 29.8 Å². The molecule has 1 aliphatic carbocycles. The number of sulfonamides is 1. The third-order valence-electron chi connectivity index (χ3n) is 4.34. The number of amides is 1. The molecule has 24 heavy (non-hydrogen) atoms. The maximum Gasteiger partial charge on any atom is 0.243 e. The summed E-state index contributed by atoms with van der Waals surface area (Å²) in [4.78, 5) is 12.3. The van der Waals surface area contributed by atoms with Crippen LogP contribution in [0.1, 0.15) is 37.7 Å². The second kappa shape index (κ2) is 8.60. The number of nitrogens with one attached hydrogen (secondary N) is 1. The highest BCUT2D eigenvalue weighted by Crippen LogP contribution is 2.27. The lowest BCUT2D eigenvalue weighted by Crippen LogP contribution is -2.47. The maximum atomic E-state index is 13.0. The Morgan fingerprint density at radius 2 is 1.83 bits per heavy atom. The number of carbonyl (C=O) groups excluding carboxylic acids is 1. The first-order valence-electron chi connectivity index (χ1n) is 8.41. The Bertz CT molecular complexity index is 637. The van der Waals surface area contributed by atoms with Gasteiger partial charge in [-0.2, -0.15) is 4.31 Å². The average Bonchev–Trinajstić information content (AvgIpc) is 2.59. The third kappa shape index (κ3) is 4.78. The highest BCUT2D eigenvalue weighted by Gasteiger charge is 2.33. The molecule has 1 aromatic rings. The van der Waals surface area contributed by atoms with Gasteiger partial charge >= 0.3 is 0 Å². The zero-order chi connectivity index (χ0) is 17.6. The molecule has 0 aliphatic heterocycles. The van der Waals surface area contributed by atoms with Crippen molar-refractivity contribution in [1.82, 2.24) is 9.62 Å². The molecule has 0 bridgehead atoms. The topological polar surface area (TPSA) is 86.7 Å². The fourth-order valence-electron chi connectivity index (χ4n) is 3.02. The standard InChI is InChI=1S/C17H26N2O4S/c1-14-7-9-16(10-8-14)24(22,23)19(13-17(21)18-11-12-20)15-5-3-2-4-6-15/h7-10,15,20H,2-6,11-13H2,1H3,(H,18,21). The van der Waals surface area contributed by atoms with Crippen LogP contribution >= 0.6 is 0 Å². The molecule has 0 heterocycles. The number of aliphatic hydroxyl groups excluding tert-OH is 1. The lowest BCUT2D eigenvalue weighted by Gasteiger charge is -2.33. The minimum Gasteiger partial charge on any atom is -0.395 e. The Hall–Kier alpha value is -1.44. The quantitative estimate of drug-likeness (QED) is 0.775.